The molecule has 274 valence electrons. The molecule has 51 heavy (non-hydrogen) atoms. The SMILES string of the molecule is [2H]C([2H])([2H])Oc1cc(C(=O)N2CCc3c(c(=O)oc4c(C)c(N5CCN(C)C(COC)C5)cc(C)c34)C2)c(F)cc1C(=O)NS(=O)(=O)N1C2CCC1CC2. The number of fused-ring (bicyclic) bond motifs is 5. The normalized spacial score (nSPS) is 23.5. The van der Waals surface area contributed by atoms with Crippen molar-refractivity contribution in [2.45, 2.75) is 70.6 Å². The van der Waals surface area contributed by atoms with E-state index in [1.807, 2.05) is 18.6 Å². The third-order valence-electron chi connectivity index (χ3n) is 11.1. The lowest BCUT2D eigenvalue weighted by Crippen LogP contribution is -2.53. The minimum Gasteiger partial charge on any atom is -0.496 e. The van der Waals surface area contributed by atoms with Gasteiger partial charge in [-0.25, -0.2) is 13.9 Å². The zero-order valence-corrected chi connectivity index (χ0v) is 29.9. The standard InChI is InChI=1S/C36H44FN5O8S/c1-20-14-30(40-13-12-39(3)24(17-40)19-48-4)21(2)33-32(20)25-10-11-41(18-28(25)36(45)50-33)35(44)26-16-31(49-5)27(15-29(26)37)34(43)38-51(46,47)42-22-6-7-23(42)9-8-22/h14-16,22-24H,6-13,17-19H2,1-5H3,(H,38,43)/i5D3. The van der Waals surface area contributed by atoms with Gasteiger partial charge in [0.2, 0.25) is 0 Å². The molecule has 0 aliphatic carbocycles. The van der Waals surface area contributed by atoms with Crippen LogP contribution in [0, 0.1) is 19.7 Å². The Morgan fingerprint density at radius 1 is 1.06 bits per heavy atom. The smallest absolute Gasteiger partial charge is 0.341 e. The Hall–Kier alpha value is -4.05. The van der Waals surface area contributed by atoms with Crippen LogP contribution in [-0.2, 0) is 27.9 Å². The van der Waals surface area contributed by atoms with Gasteiger partial charge in [-0.15, -0.1) is 0 Å². The topological polar surface area (TPSA) is 142 Å². The summed E-state index contributed by atoms with van der Waals surface area (Å²) in [5.41, 5.74) is 2.19. The number of piperazine rings is 1. The number of ether oxygens (including phenoxy) is 2. The van der Waals surface area contributed by atoms with Gasteiger partial charge in [0.1, 0.15) is 17.1 Å². The number of likely N-dealkylation sites (N-methyl/N-ethyl adjacent to an activating group) is 1. The first-order valence-electron chi connectivity index (χ1n) is 18.7. The molecule has 1 unspecified atom stereocenters. The first-order valence-corrected chi connectivity index (χ1v) is 18.6. The van der Waals surface area contributed by atoms with Gasteiger partial charge in [0.15, 0.2) is 0 Å². The van der Waals surface area contributed by atoms with Crippen molar-refractivity contribution >= 4 is 38.7 Å². The van der Waals surface area contributed by atoms with Crippen molar-refractivity contribution in [3.05, 3.63) is 67.8 Å². The summed E-state index contributed by atoms with van der Waals surface area (Å²) >= 11 is 0. The molecule has 4 aliphatic heterocycles. The number of aryl methyl sites for hydroxylation is 2. The van der Waals surface area contributed by atoms with Gasteiger partial charge in [-0.1, -0.05) is 0 Å². The lowest BCUT2D eigenvalue weighted by Gasteiger charge is -2.41. The van der Waals surface area contributed by atoms with Crippen molar-refractivity contribution in [1.82, 2.24) is 18.8 Å². The third kappa shape index (κ3) is 6.17. The fraction of sp³-hybridized carbons (Fsp3) is 0.528. The van der Waals surface area contributed by atoms with Crippen LogP contribution >= 0.6 is 0 Å². The van der Waals surface area contributed by atoms with E-state index in [1.54, 1.807) is 7.11 Å². The van der Waals surface area contributed by atoms with Gasteiger partial charge in [-0.05, 0) is 82.3 Å². The van der Waals surface area contributed by atoms with Gasteiger partial charge in [-0.2, -0.15) is 12.7 Å². The molecule has 3 aromatic rings. The van der Waals surface area contributed by atoms with Crippen LogP contribution < -0.4 is 20.0 Å². The Morgan fingerprint density at radius 3 is 2.47 bits per heavy atom. The van der Waals surface area contributed by atoms with Gasteiger partial charge in [0.25, 0.3) is 11.8 Å². The summed E-state index contributed by atoms with van der Waals surface area (Å²) in [6.45, 7) is 6.70. The van der Waals surface area contributed by atoms with E-state index in [1.165, 1.54) is 9.21 Å². The second-order valence-corrected chi connectivity index (χ2v) is 15.6. The Kier molecular flexibility index (Phi) is 8.38. The second-order valence-electron chi connectivity index (χ2n) is 14.1. The molecule has 0 radical (unpaired) electrons. The van der Waals surface area contributed by atoms with Gasteiger partial charge in [-0.3, -0.25) is 14.5 Å². The molecular weight excluding hydrogens is 681 g/mol. The summed E-state index contributed by atoms with van der Waals surface area (Å²) < 4.78 is 84.6. The molecule has 0 saturated carbocycles. The van der Waals surface area contributed by atoms with E-state index in [2.05, 4.69) is 22.9 Å². The monoisotopic (exact) mass is 728 g/mol. The molecule has 1 aromatic heterocycles. The quantitative estimate of drug-likeness (QED) is 0.344. The van der Waals surface area contributed by atoms with Gasteiger partial charge < -0.3 is 23.7 Å². The van der Waals surface area contributed by atoms with Gasteiger partial charge in [0.05, 0.1) is 47.0 Å². The van der Waals surface area contributed by atoms with E-state index >= 15 is 4.39 Å². The highest BCUT2D eigenvalue weighted by Gasteiger charge is 2.47. The fourth-order valence-corrected chi connectivity index (χ4v) is 10.1. The molecule has 1 atom stereocenters. The lowest BCUT2D eigenvalue weighted by molar-refractivity contribution is 0.0727. The van der Waals surface area contributed by atoms with E-state index in [0.717, 1.165) is 53.5 Å². The number of hydrogen-bond donors (Lipinski definition) is 1. The van der Waals surface area contributed by atoms with E-state index in [0.29, 0.717) is 43.9 Å². The van der Waals surface area contributed by atoms with Crippen LogP contribution in [0.1, 0.15) is 72.8 Å². The van der Waals surface area contributed by atoms with Crippen molar-refractivity contribution in [2.24, 2.45) is 0 Å². The summed E-state index contributed by atoms with van der Waals surface area (Å²) in [7, 11) is -3.72. The van der Waals surface area contributed by atoms with Crippen molar-refractivity contribution < 1.29 is 40.4 Å². The number of amides is 2. The maximum Gasteiger partial charge on any atom is 0.341 e. The van der Waals surface area contributed by atoms with Crippen LogP contribution in [0.25, 0.3) is 11.0 Å². The van der Waals surface area contributed by atoms with Crippen LogP contribution in [0.15, 0.2) is 27.4 Å². The molecule has 2 amide bonds. The minimum atomic E-state index is -4.34. The van der Waals surface area contributed by atoms with E-state index in [4.69, 9.17) is 18.0 Å². The molecule has 1 N–H and O–H groups in total. The summed E-state index contributed by atoms with van der Waals surface area (Å²) in [4.78, 5) is 46.5. The highest BCUT2D eigenvalue weighted by molar-refractivity contribution is 7.87. The molecule has 7 rings (SSSR count). The molecule has 0 spiro atoms. The average Bonchev–Trinajstić information content (AvgIpc) is 3.73. The Morgan fingerprint density at radius 2 is 1.78 bits per heavy atom. The minimum absolute atomic E-state index is 0.0926. The van der Waals surface area contributed by atoms with E-state index in [9.17, 15) is 22.8 Å². The summed E-state index contributed by atoms with van der Waals surface area (Å²) in [5, 5.41) is 0.785. The van der Waals surface area contributed by atoms with Crippen LogP contribution in [0.5, 0.6) is 5.75 Å². The third-order valence-corrected chi connectivity index (χ3v) is 12.7. The number of benzene rings is 2. The van der Waals surface area contributed by atoms with E-state index < -0.39 is 57.4 Å². The van der Waals surface area contributed by atoms with Gasteiger partial charge >= 0.3 is 15.8 Å². The molecule has 15 heteroatoms. The van der Waals surface area contributed by atoms with Crippen LogP contribution in [0.3, 0.4) is 0 Å². The second kappa shape index (κ2) is 13.5. The van der Waals surface area contributed by atoms with E-state index in [-0.39, 0.29) is 43.2 Å². The summed E-state index contributed by atoms with van der Waals surface area (Å²) in [6.07, 6.45) is 2.88. The number of carbonyl (C=O) groups is 2. The van der Waals surface area contributed by atoms with Crippen molar-refractivity contribution in [3.8, 4) is 5.75 Å². The average molecular weight is 729 g/mol. The molecule has 3 fully saturated rings. The van der Waals surface area contributed by atoms with Crippen molar-refractivity contribution in [1.29, 1.82) is 0 Å². The van der Waals surface area contributed by atoms with Crippen molar-refractivity contribution in [2.75, 3.05) is 58.9 Å². The van der Waals surface area contributed by atoms with Gasteiger partial charge in [0, 0.05) is 62.0 Å². The maximum atomic E-state index is 15.8. The number of anilines is 1. The molecule has 2 aromatic carbocycles. The summed E-state index contributed by atoms with van der Waals surface area (Å²) in [5.74, 6) is -4.08. The molecular formula is C36H44FN5O8S. The fourth-order valence-electron chi connectivity index (χ4n) is 8.42. The molecule has 2 bridgehead atoms. The highest BCUT2D eigenvalue weighted by atomic mass is 32.2. The highest BCUT2D eigenvalue weighted by Crippen LogP contribution is 2.40. The van der Waals surface area contributed by atoms with Crippen LogP contribution in [0.2, 0.25) is 0 Å². The number of halogens is 1. The number of rotatable bonds is 8. The zero-order valence-electron chi connectivity index (χ0n) is 32.1. The predicted octanol–water partition coefficient (Wildman–Crippen LogP) is 3.12. The molecule has 5 heterocycles. The molecule has 4 aliphatic rings. The summed E-state index contributed by atoms with van der Waals surface area (Å²) in [6, 6.07) is 3.15. The maximum absolute atomic E-state index is 15.8. The largest absolute Gasteiger partial charge is 0.496 e. The van der Waals surface area contributed by atoms with Crippen LogP contribution in [-0.4, -0.2) is 106 Å². The number of methoxy groups -OCH3 is 2. The Balaban J connectivity index is 1.17. The number of nitrogens with one attached hydrogen (secondary N) is 1. The Labute approximate surface area is 300 Å². The molecule has 13 nitrogen and oxygen atoms in total. The number of carbonyl (C=O) groups excluding carboxylic acids is 2. The predicted molar refractivity (Wildman–Crippen MR) is 188 cm³/mol. The van der Waals surface area contributed by atoms with Crippen LogP contribution in [0.4, 0.5) is 10.1 Å². The Bertz CT molecular complexity index is 2180. The number of hydrogen-bond acceptors (Lipinski definition) is 10. The van der Waals surface area contributed by atoms with Crippen molar-refractivity contribution in [3.63, 3.8) is 0 Å². The molecule has 3 saturated heterocycles. The lowest BCUT2D eigenvalue weighted by atomic mass is 9.92. The number of nitrogens with zero attached hydrogens (tertiary/aromatic N) is 4. The zero-order chi connectivity index (χ0) is 38.9. The first kappa shape index (κ1) is 31.7. The first-order chi connectivity index (χ1) is 25.5.